The molecule has 1 heterocycles. The van der Waals surface area contributed by atoms with E-state index in [1.165, 1.54) is 0 Å². The van der Waals surface area contributed by atoms with Gasteiger partial charge in [0.2, 0.25) is 0 Å². The largest absolute Gasteiger partial charge is 0.399 e. The van der Waals surface area contributed by atoms with Gasteiger partial charge in [0.1, 0.15) is 0 Å². The van der Waals surface area contributed by atoms with E-state index in [-0.39, 0.29) is 0 Å². The van der Waals surface area contributed by atoms with Crippen molar-refractivity contribution in [3.63, 3.8) is 0 Å². The van der Waals surface area contributed by atoms with Crippen molar-refractivity contribution in [2.24, 2.45) is 0 Å². The van der Waals surface area contributed by atoms with Gasteiger partial charge in [-0.1, -0.05) is 13.0 Å². The molecule has 5 heteroatoms. The van der Waals surface area contributed by atoms with Crippen LogP contribution >= 0.6 is 0 Å². The predicted molar refractivity (Wildman–Crippen MR) is 83.0 cm³/mol. The van der Waals surface area contributed by atoms with Gasteiger partial charge in [-0.3, -0.25) is 8.89 Å². The average molecular weight is 291 g/mol. The lowest BCUT2D eigenvalue weighted by Gasteiger charge is -2.08. The van der Waals surface area contributed by atoms with Crippen LogP contribution in [0.2, 0.25) is 0 Å². The summed E-state index contributed by atoms with van der Waals surface area (Å²) in [7, 11) is -1.10. The van der Waals surface area contributed by atoms with E-state index in [2.05, 4.69) is 12.0 Å². The van der Waals surface area contributed by atoms with Gasteiger partial charge in [-0.25, -0.2) is 0 Å². The number of rotatable bonds is 5. The number of nitrogens with two attached hydrogens (primary N) is 1. The Hall–Kier alpha value is -1.62. The molecule has 2 N–H and O–H groups in total. The summed E-state index contributed by atoms with van der Waals surface area (Å²) in [5.41, 5.74) is 9.51. The minimum absolute atomic E-state index is 0.477. The van der Waals surface area contributed by atoms with Crippen molar-refractivity contribution in [1.82, 2.24) is 9.78 Å². The zero-order valence-electron chi connectivity index (χ0n) is 12.2. The van der Waals surface area contributed by atoms with E-state index in [4.69, 9.17) is 5.73 Å². The first-order valence-corrected chi connectivity index (χ1v) is 8.17. The molecule has 0 aliphatic heterocycles. The Labute approximate surface area is 122 Å². The molecule has 4 nitrogen and oxygen atoms in total. The van der Waals surface area contributed by atoms with Crippen LogP contribution < -0.4 is 5.73 Å². The molecule has 20 heavy (non-hydrogen) atoms. The van der Waals surface area contributed by atoms with Gasteiger partial charge in [-0.15, -0.1) is 0 Å². The molecule has 1 aromatic carbocycles. The summed E-state index contributed by atoms with van der Waals surface area (Å²) >= 11 is 0. The van der Waals surface area contributed by atoms with Crippen molar-refractivity contribution in [2.45, 2.75) is 44.4 Å². The molecule has 1 aromatic heterocycles. The number of benzene rings is 1. The lowest BCUT2D eigenvalue weighted by Crippen LogP contribution is -2.07. The lowest BCUT2D eigenvalue weighted by molar-refractivity contribution is 0.623. The molecule has 1 unspecified atom stereocenters. The van der Waals surface area contributed by atoms with Gasteiger partial charge < -0.3 is 5.73 Å². The molecule has 0 bridgehead atoms. The van der Waals surface area contributed by atoms with Crippen LogP contribution in [0.4, 0.5) is 5.69 Å². The maximum absolute atomic E-state index is 12.6. The minimum Gasteiger partial charge on any atom is -0.399 e. The molecule has 0 saturated heterocycles. The van der Waals surface area contributed by atoms with Crippen LogP contribution in [0.5, 0.6) is 0 Å². The predicted octanol–water partition coefficient (Wildman–Crippen LogP) is 2.66. The van der Waals surface area contributed by atoms with E-state index in [0.717, 1.165) is 34.8 Å². The second-order valence-corrected chi connectivity index (χ2v) is 6.23. The lowest BCUT2D eigenvalue weighted by atomic mass is 10.2. The Bertz CT molecular complexity index is 634. The van der Waals surface area contributed by atoms with Gasteiger partial charge in [0.05, 0.1) is 27.9 Å². The number of anilines is 1. The van der Waals surface area contributed by atoms with Crippen molar-refractivity contribution in [1.29, 1.82) is 0 Å². The average Bonchev–Trinajstić information content (AvgIpc) is 2.83. The fourth-order valence-electron chi connectivity index (χ4n) is 2.15. The van der Waals surface area contributed by atoms with Gasteiger partial charge in [-0.2, -0.15) is 5.10 Å². The van der Waals surface area contributed by atoms with Crippen LogP contribution in [-0.2, 0) is 29.5 Å². The Balaban J connectivity index is 2.27. The fourth-order valence-corrected chi connectivity index (χ4v) is 3.50. The molecule has 0 aliphatic carbocycles. The number of aromatic nitrogens is 2. The first-order valence-electron chi connectivity index (χ1n) is 6.85. The van der Waals surface area contributed by atoms with Crippen LogP contribution in [0, 0.1) is 6.92 Å². The minimum atomic E-state index is -1.10. The van der Waals surface area contributed by atoms with E-state index in [1.807, 2.05) is 36.7 Å². The van der Waals surface area contributed by atoms with E-state index < -0.39 is 10.8 Å². The van der Waals surface area contributed by atoms with E-state index in [1.54, 1.807) is 6.07 Å². The normalized spacial score (nSPS) is 12.6. The Morgan fingerprint density at radius 2 is 2.05 bits per heavy atom. The highest BCUT2D eigenvalue weighted by atomic mass is 32.2. The van der Waals surface area contributed by atoms with Crippen molar-refractivity contribution >= 4 is 16.5 Å². The molecule has 108 valence electrons. The molecule has 0 aliphatic rings. The quantitative estimate of drug-likeness (QED) is 0.862. The van der Waals surface area contributed by atoms with Crippen LogP contribution in [0.1, 0.15) is 30.8 Å². The maximum Gasteiger partial charge on any atom is 0.0702 e. The molecule has 1 atom stereocenters. The Morgan fingerprint density at radius 1 is 1.30 bits per heavy atom. The third kappa shape index (κ3) is 3.10. The molecule has 2 aromatic rings. The molecule has 0 radical (unpaired) electrons. The zero-order chi connectivity index (χ0) is 14.7. The number of hydrogen-bond donors (Lipinski definition) is 1. The summed E-state index contributed by atoms with van der Waals surface area (Å²) in [4.78, 5) is 0.812. The smallest absolute Gasteiger partial charge is 0.0702 e. The second-order valence-electron chi connectivity index (χ2n) is 4.81. The summed E-state index contributed by atoms with van der Waals surface area (Å²) in [6, 6.07) is 7.60. The molecule has 2 rings (SSSR count). The monoisotopic (exact) mass is 291 g/mol. The summed E-state index contributed by atoms with van der Waals surface area (Å²) < 4.78 is 14.5. The molecule has 0 spiro atoms. The van der Waals surface area contributed by atoms with E-state index in [9.17, 15) is 4.21 Å². The number of hydrogen-bond acceptors (Lipinski definition) is 3. The maximum atomic E-state index is 12.6. The Morgan fingerprint density at radius 3 is 2.70 bits per heavy atom. The number of aryl methyl sites for hydroxylation is 3. The summed E-state index contributed by atoms with van der Waals surface area (Å²) in [6.45, 7) is 6.87. The van der Waals surface area contributed by atoms with Crippen molar-refractivity contribution in [3.05, 3.63) is 41.2 Å². The van der Waals surface area contributed by atoms with Crippen LogP contribution in [0.25, 0.3) is 0 Å². The molecular formula is C15H21N3OS. The standard InChI is InChI=1S/C15H21N3OS/c1-4-13-9-14(18(5-2)17-13)10-20(19)15-8-12(16)7-6-11(15)3/h6-9H,4-5,10,16H2,1-3H3. The van der Waals surface area contributed by atoms with Crippen LogP contribution in [0.15, 0.2) is 29.2 Å². The highest BCUT2D eigenvalue weighted by Crippen LogP contribution is 2.20. The van der Waals surface area contributed by atoms with Gasteiger partial charge in [0, 0.05) is 17.1 Å². The number of nitrogen functional groups attached to an aromatic ring is 1. The van der Waals surface area contributed by atoms with Crippen molar-refractivity contribution in [2.75, 3.05) is 5.73 Å². The summed E-state index contributed by atoms with van der Waals surface area (Å²) in [6.07, 6.45) is 0.893. The van der Waals surface area contributed by atoms with Crippen LogP contribution in [-0.4, -0.2) is 14.0 Å². The third-order valence-corrected chi connectivity index (χ3v) is 4.80. The Kier molecular flexibility index (Phi) is 4.60. The summed E-state index contributed by atoms with van der Waals surface area (Å²) in [5.74, 6) is 0.477. The zero-order valence-corrected chi connectivity index (χ0v) is 13.0. The SMILES string of the molecule is CCc1cc(CS(=O)c2cc(N)ccc2C)n(CC)n1. The molecular weight excluding hydrogens is 270 g/mol. The topological polar surface area (TPSA) is 60.9 Å². The van der Waals surface area contributed by atoms with Gasteiger partial charge in [-0.05, 0) is 44.0 Å². The summed E-state index contributed by atoms with van der Waals surface area (Å²) in [5, 5.41) is 4.49. The fraction of sp³-hybridized carbons (Fsp3) is 0.400. The first kappa shape index (κ1) is 14.8. The van der Waals surface area contributed by atoms with Crippen LogP contribution in [0.3, 0.4) is 0 Å². The second kappa shape index (κ2) is 6.22. The van der Waals surface area contributed by atoms with Gasteiger partial charge in [0.15, 0.2) is 0 Å². The molecule has 0 amide bonds. The van der Waals surface area contributed by atoms with Gasteiger partial charge >= 0.3 is 0 Å². The van der Waals surface area contributed by atoms with Crippen molar-refractivity contribution in [3.8, 4) is 0 Å². The van der Waals surface area contributed by atoms with Gasteiger partial charge in [0.25, 0.3) is 0 Å². The third-order valence-electron chi connectivity index (χ3n) is 3.31. The van der Waals surface area contributed by atoms with E-state index >= 15 is 0 Å². The van der Waals surface area contributed by atoms with Crippen molar-refractivity contribution < 1.29 is 4.21 Å². The highest BCUT2D eigenvalue weighted by molar-refractivity contribution is 7.84. The van der Waals surface area contributed by atoms with E-state index in [0.29, 0.717) is 11.4 Å². The number of nitrogens with zero attached hydrogens (tertiary/aromatic N) is 2. The molecule has 0 fully saturated rings. The highest BCUT2D eigenvalue weighted by Gasteiger charge is 2.13. The first-order chi connectivity index (χ1) is 9.55. The molecule has 0 saturated carbocycles.